The smallest absolute Gasteiger partial charge is 0.138 e. The van der Waals surface area contributed by atoms with E-state index < -0.39 is 0 Å². The first-order valence-electron chi connectivity index (χ1n) is 15.2. The van der Waals surface area contributed by atoms with Crippen molar-refractivity contribution in [1.29, 1.82) is 0 Å². The fourth-order valence-electron chi connectivity index (χ4n) is 7.11. The number of aromatic nitrogens is 4. The van der Waals surface area contributed by atoms with Crippen molar-refractivity contribution in [2.24, 2.45) is 0 Å². The van der Waals surface area contributed by atoms with Crippen LogP contribution in [0.3, 0.4) is 0 Å². The molecule has 0 unspecified atom stereocenters. The van der Waals surface area contributed by atoms with Crippen LogP contribution in [0.4, 0.5) is 0 Å². The predicted molar refractivity (Wildman–Crippen MR) is 175 cm³/mol. The lowest BCUT2D eigenvalue weighted by Crippen LogP contribution is -2.30. The highest BCUT2D eigenvalue weighted by atomic mass is 15.1. The summed E-state index contributed by atoms with van der Waals surface area (Å²) in [5, 5.41) is 2.36. The fourth-order valence-corrected chi connectivity index (χ4v) is 7.11. The molecular formula is C39H32N4. The van der Waals surface area contributed by atoms with Crippen molar-refractivity contribution in [2.75, 3.05) is 0 Å². The van der Waals surface area contributed by atoms with E-state index in [0.717, 1.165) is 39.5 Å². The zero-order valence-electron chi connectivity index (χ0n) is 24.0. The maximum absolute atomic E-state index is 5.11. The van der Waals surface area contributed by atoms with E-state index in [9.17, 15) is 0 Å². The molecule has 0 N–H and O–H groups in total. The van der Waals surface area contributed by atoms with Crippen molar-refractivity contribution in [3.05, 3.63) is 145 Å². The highest BCUT2D eigenvalue weighted by Crippen LogP contribution is 2.45. The summed E-state index contributed by atoms with van der Waals surface area (Å²) < 4.78 is 2.19. The molecule has 0 bridgehead atoms. The number of hydrogen-bond donors (Lipinski definition) is 0. The first kappa shape index (κ1) is 25.6. The number of benzene rings is 3. The average Bonchev–Trinajstić information content (AvgIpc) is 3.44. The molecule has 4 aromatic heterocycles. The van der Waals surface area contributed by atoms with Crippen LogP contribution in [-0.4, -0.2) is 19.5 Å². The Morgan fingerprint density at radius 2 is 1.19 bits per heavy atom. The fraction of sp³-hybridized carbons (Fsp3) is 0.154. The molecule has 4 heterocycles. The third-order valence-corrected chi connectivity index (χ3v) is 9.22. The van der Waals surface area contributed by atoms with Gasteiger partial charge < -0.3 is 0 Å². The average molecular weight is 557 g/mol. The standard InChI is InChI=1S/C39H32N4/c1-3-11-29(12-4-1)39(24-7-2-8-25-39)30-21-19-28(20-22-30)33-14-9-15-34(41-33)35-16-10-18-38(42-35)43-36-17-6-5-13-31(36)32-23-26-40-27-37(32)43/h1,3-6,9-23,26-27H,2,7-8,24-25H2. The molecule has 0 saturated heterocycles. The van der Waals surface area contributed by atoms with Gasteiger partial charge in [0.1, 0.15) is 5.82 Å². The Bertz CT molecular complexity index is 2000. The van der Waals surface area contributed by atoms with Crippen LogP contribution >= 0.6 is 0 Å². The van der Waals surface area contributed by atoms with Gasteiger partial charge in [-0.3, -0.25) is 9.55 Å². The van der Waals surface area contributed by atoms with Gasteiger partial charge in [-0.2, -0.15) is 0 Å². The van der Waals surface area contributed by atoms with E-state index in [1.165, 1.54) is 54.0 Å². The van der Waals surface area contributed by atoms with Gasteiger partial charge in [-0.25, -0.2) is 9.97 Å². The molecule has 43 heavy (non-hydrogen) atoms. The number of para-hydroxylation sites is 1. The summed E-state index contributed by atoms with van der Waals surface area (Å²) in [4.78, 5) is 14.6. The Balaban J connectivity index is 1.15. The van der Waals surface area contributed by atoms with Crippen LogP contribution in [0.2, 0.25) is 0 Å². The molecule has 0 radical (unpaired) electrons. The van der Waals surface area contributed by atoms with Gasteiger partial charge in [0.05, 0.1) is 34.3 Å². The number of fused-ring (bicyclic) bond motifs is 3. The maximum atomic E-state index is 5.11. The van der Waals surface area contributed by atoms with Crippen LogP contribution in [0.25, 0.3) is 50.3 Å². The molecule has 8 rings (SSSR count). The summed E-state index contributed by atoms with van der Waals surface area (Å²) in [5.41, 5.74) is 8.88. The van der Waals surface area contributed by atoms with E-state index in [0.29, 0.717) is 0 Å². The van der Waals surface area contributed by atoms with Gasteiger partial charge in [0.2, 0.25) is 0 Å². The molecule has 1 fully saturated rings. The molecule has 0 amide bonds. The SMILES string of the molecule is c1ccc(C2(c3ccc(-c4cccc(-c5cccc(-n6c7ccccc7c7ccncc76)n5)n4)cc3)CCCCC2)cc1. The number of rotatable bonds is 5. The van der Waals surface area contributed by atoms with Crippen molar-refractivity contribution >= 4 is 21.8 Å². The largest absolute Gasteiger partial charge is 0.292 e. The van der Waals surface area contributed by atoms with Gasteiger partial charge in [-0.1, -0.05) is 104 Å². The Morgan fingerprint density at radius 1 is 0.512 bits per heavy atom. The molecule has 0 atom stereocenters. The van der Waals surface area contributed by atoms with Crippen molar-refractivity contribution in [2.45, 2.75) is 37.5 Å². The molecule has 4 nitrogen and oxygen atoms in total. The van der Waals surface area contributed by atoms with E-state index in [4.69, 9.17) is 9.97 Å². The van der Waals surface area contributed by atoms with Gasteiger partial charge in [-0.15, -0.1) is 0 Å². The molecule has 7 aromatic rings. The number of nitrogens with zero attached hydrogens (tertiary/aromatic N) is 4. The number of hydrogen-bond acceptors (Lipinski definition) is 3. The Kier molecular flexibility index (Phi) is 6.33. The van der Waals surface area contributed by atoms with Crippen LogP contribution in [-0.2, 0) is 5.41 Å². The molecule has 3 aromatic carbocycles. The highest BCUT2D eigenvalue weighted by Gasteiger charge is 2.35. The first-order valence-corrected chi connectivity index (χ1v) is 15.2. The predicted octanol–water partition coefficient (Wildman–Crippen LogP) is 9.55. The topological polar surface area (TPSA) is 43.6 Å². The van der Waals surface area contributed by atoms with E-state index >= 15 is 0 Å². The van der Waals surface area contributed by atoms with Crippen LogP contribution < -0.4 is 0 Å². The van der Waals surface area contributed by atoms with Gasteiger partial charge >= 0.3 is 0 Å². The zero-order valence-corrected chi connectivity index (χ0v) is 24.0. The Labute approximate surface area is 251 Å². The number of pyridine rings is 3. The summed E-state index contributed by atoms with van der Waals surface area (Å²) in [5.74, 6) is 0.854. The van der Waals surface area contributed by atoms with E-state index in [1.807, 2.05) is 24.5 Å². The maximum Gasteiger partial charge on any atom is 0.138 e. The van der Waals surface area contributed by atoms with E-state index in [1.54, 1.807) is 0 Å². The molecule has 1 saturated carbocycles. The van der Waals surface area contributed by atoms with E-state index in [2.05, 4.69) is 119 Å². The normalized spacial score (nSPS) is 14.7. The monoisotopic (exact) mass is 556 g/mol. The second-order valence-electron chi connectivity index (χ2n) is 11.6. The van der Waals surface area contributed by atoms with Crippen molar-refractivity contribution in [3.8, 4) is 28.5 Å². The van der Waals surface area contributed by atoms with Crippen molar-refractivity contribution in [1.82, 2.24) is 19.5 Å². The van der Waals surface area contributed by atoms with Crippen molar-refractivity contribution in [3.63, 3.8) is 0 Å². The first-order chi connectivity index (χ1) is 21.3. The van der Waals surface area contributed by atoms with Crippen LogP contribution in [0.15, 0.2) is 134 Å². The second kappa shape index (κ2) is 10.6. The van der Waals surface area contributed by atoms with Gasteiger partial charge in [0.15, 0.2) is 0 Å². The van der Waals surface area contributed by atoms with Crippen molar-refractivity contribution < 1.29 is 0 Å². The van der Waals surface area contributed by atoms with Gasteiger partial charge in [-0.05, 0) is 60.4 Å². The molecular weight excluding hydrogens is 524 g/mol. The lowest BCUT2D eigenvalue weighted by atomic mass is 9.65. The molecule has 1 aliphatic carbocycles. The summed E-state index contributed by atoms with van der Waals surface area (Å²) in [7, 11) is 0. The summed E-state index contributed by atoms with van der Waals surface area (Å²) in [6.45, 7) is 0. The molecule has 208 valence electrons. The molecule has 4 heteroatoms. The Hall–Kier alpha value is -5.09. The minimum absolute atomic E-state index is 0.0972. The minimum Gasteiger partial charge on any atom is -0.292 e. The summed E-state index contributed by atoms with van der Waals surface area (Å²) in [6, 6.07) is 43.1. The lowest BCUT2D eigenvalue weighted by Gasteiger charge is -2.38. The second-order valence-corrected chi connectivity index (χ2v) is 11.6. The quantitative estimate of drug-likeness (QED) is 0.212. The summed E-state index contributed by atoms with van der Waals surface area (Å²) in [6.07, 6.45) is 10.0. The third kappa shape index (κ3) is 4.42. The van der Waals surface area contributed by atoms with Gasteiger partial charge in [0, 0.05) is 27.9 Å². The van der Waals surface area contributed by atoms with Crippen LogP contribution in [0.1, 0.15) is 43.2 Å². The van der Waals surface area contributed by atoms with Crippen LogP contribution in [0, 0.1) is 0 Å². The zero-order chi connectivity index (χ0) is 28.6. The molecule has 0 aliphatic heterocycles. The van der Waals surface area contributed by atoms with Crippen LogP contribution in [0.5, 0.6) is 0 Å². The van der Waals surface area contributed by atoms with Gasteiger partial charge in [0.25, 0.3) is 0 Å². The lowest BCUT2D eigenvalue weighted by molar-refractivity contribution is 0.346. The molecule has 0 spiro atoms. The highest BCUT2D eigenvalue weighted by molar-refractivity contribution is 6.08. The molecule has 1 aliphatic rings. The summed E-state index contributed by atoms with van der Waals surface area (Å²) >= 11 is 0. The minimum atomic E-state index is 0.0972. The third-order valence-electron chi connectivity index (χ3n) is 9.22. The Morgan fingerprint density at radius 3 is 2.02 bits per heavy atom. The van der Waals surface area contributed by atoms with E-state index in [-0.39, 0.29) is 5.41 Å².